The van der Waals surface area contributed by atoms with Crippen molar-refractivity contribution in [1.29, 1.82) is 0 Å². The summed E-state index contributed by atoms with van der Waals surface area (Å²) in [6.07, 6.45) is 0. The fourth-order valence-electron chi connectivity index (χ4n) is 1.66. The van der Waals surface area contributed by atoms with Crippen molar-refractivity contribution in [2.24, 2.45) is 0 Å². The van der Waals surface area contributed by atoms with Crippen molar-refractivity contribution in [3.63, 3.8) is 0 Å². The van der Waals surface area contributed by atoms with Gasteiger partial charge in [-0.05, 0) is 15.9 Å². The number of nitrogens with zero attached hydrogens (tertiary/aromatic N) is 1. The van der Waals surface area contributed by atoms with Crippen molar-refractivity contribution in [2.75, 3.05) is 31.2 Å². The first-order valence-electron chi connectivity index (χ1n) is 4.88. The Balaban J connectivity index is 2.52. The number of rotatable bonds is 1. The van der Waals surface area contributed by atoms with E-state index >= 15 is 0 Å². The Hall–Kier alpha value is -0.820. The molecule has 1 fully saturated rings. The Labute approximate surface area is 103 Å². The maximum Gasteiger partial charge on any atom is 0.186 e. The minimum atomic E-state index is -1.43. The molecule has 1 aliphatic heterocycles. The van der Waals surface area contributed by atoms with Crippen LogP contribution in [0.5, 0.6) is 0 Å². The first kappa shape index (κ1) is 12.6. The number of anilines is 1. The van der Waals surface area contributed by atoms with Gasteiger partial charge in [-0.25, -0.2) is 17.6 Å². The average Bonchev–Trinajstić information content (AvgIpc) is 2.36. The van der Waals surface area contributed by atoms with Crippen molar-refractivity contribution in [3.8, 4) is 0 Å². The summed E-state index contributed by atoms with van der Waals surface area (Å²) < 4.78 is 58.0. The number of benzene rings is 1. The van der Waals surface area contributed by atoms with E-state index in [0.29, 0.717) is 0 Å². The smallest absolute Gasteiger partial charge is 0.186 e. The van der Waals surface area contributed by atoms with Crippen LogP contribution in [0.4, 0.5) is 23.2 Å². The van der Waals surface area contributed by atoms with E-state index in [4.69, 9.17) is 4.74 Å². The molecule has 1 aromatic rings. The lowest BCUT2D eigenvalue weighted by Gasteiger charge is -2.29. The quantitative estimate of drug-likeness (QED) is 0.449. The van der Waals surface area contributed by atoms with E-state index in [1.807, 2.05) is 0 Å². The highest BCUT2D eigenvalue weighted by atomic mass is 79.9. The lowest BCUT2D eigenvalue weighted by Crippen LogP contribution is -2.37. The minimum Gasteiger partial charge on any atom is -0.378 e. The molecule has 1 aliphatic rings. The van der Waals surface area contributed by atoms with Crippen LogP contribution in [0, 0.1) is 23.3 Å². The average molecular weight is 314 g/mol. The molecule has 0 spiro atoms. The van der Waals surface area contributed by atoms with Crippen LogP contribution in [0.2, 0.25) is 0 Å². The second-order valence-electron chi connectivity index (χ2n) is 3.52. The molecule has 0 aromatic heterocycles. The topological polar surface area (TPSA) is 12.5 Å². The van der Waals surface area contributed by atoms with Crippen LogP contribution in [0.1, 0.15) is 0 Å². The van der Waals surface area contributed by atoms with E-state index in [1.165, 1.54) is 4.90 Å². The van der Waals surface area contributed by atoms with Crippen LogP contribution >= 0.6 is 15.9 Å². The highest BCUT2D eigenvalue weighted by molar-refractivity contribution is 9.10. The highest BCUT2D eigenvalue weighted by Gasteiger charge is 2.28. The van der Waals surface area contributed by atoms with Gasteiger partial charge in [0.15, 0.2) is 23.3 Å². The van der Waals surface area contributed by atoms with Crippen LogP contribution < -0.4 is 4.90 Å². The summed E-state index contributed by atoms with van der Waals surface area (Å²) in [7, 11) is 0. The van der Waals surface area contributed by atoms with Gasteiger partial charge in [0, 0.05) is 13.1 Å². The van der Waals surface area contributed by atoms with Crippen molar-refractivity contribution in [1.82, 2.24) is 0 Å². The molecule has 0 N–H and O–H groups in total. The van der Waals surface area contributed by atoms with Gasteiger partial charge < -0.3 is 9.64 Å². The fourth-order valence-corrected chi connectivity index (χ4v) is 2.01. The zero-order chi connectivity index (χ0) is 12.6. The predicted molar refractivity (Wildman–Crippen MR) is 57.0 cm³/mol. The monoisotopic (exact) mass is 313 g/mol. The number of hydrogen-bond donors (Lipinski definition) is 0. The Kier molecular flexibility index (Phi) is 3.58. The summed E-state index contributed by atoms with van der Waals surface area (Å²) in [4.78, 5) is 1.23. The second kappa shape index (κ2) is 4.81. The zero-order valence-corrected chi connectivity index (χ0v) is 10.2. The van der Waals surface area contributed by atoms with Crippen LogP contribution in [0.15, 0.2) is 4.47 Å². The molecule has 0 bridgehead atoms. The van der Waals surface area contributed by atoms with Gasteiger partial charge in [0.2, 0.25) is 0 Å². The summed E-state index contributed by atoms with van der Waals surface area (Å²) in [5.74, 6) is -5.63. The summed E-state index contributed by atoms with van der Waals surface area (Å²) >= 11 is 2.47. The van der Waals surface area contributed by atoms with Gasteiger partial charge in [0.05, 0.1) is 17.7 Å². The molecule has 0 amide bonds. The first-order chi connectivity index (χ1) is 8.04. The van der Waals surface area contributed by atoms with E-state index in [9.17, 15) is 17.6 Å². The van der Waals surface area contributed by atoms with E-state index in [-0.39, 0.29) is 26.3 Å². The van der Waals surface area contributed by atoms with Crippen LogP contribution in [0.3, 0.4) is 0 Å². The van der Waals surface area contributed by atoms with Crippen molar-refractivity contribution in [2.45, 2.75) is 0 Å². The molecule has 0 unspecified atom stereocenters. The normalized spacial score (nSPS) is 16.4. The summed E-state index contributed by atoms with van der Waals surface area (Å²) in [6, 6.07) is 0. The first-order valence-corrected chi connectivity index (χ1v) is 5.67. The van der Waals surface area contributed by atoms with Gasteiger partial charge in [0.25, 0.3) is 0 Å². The summed E-state index contributed by atoms with van der Waals surface area (Å²) in [5.41, 5.74) is -0.675. The molecule has 1 aromatic carbocycles. The molecule has 1 saturated heterocycles. The van der Waals surface area contributed by atoms with E-state index in [1.54, 1.807) is 0 Å². The predicted octanol–water partition coefficient (Wildman–Crippen LogP) is 2.84. The van der Waals surface area contributed by atoms with Crippen molar-refractivity contribution >= 4 is 21.6 Å². The lowest BCUT2D eigenvalue weighted by atomic mass is 10.2. The second-order valence-corrected chi connectivity index (χ2v) is 4.31. The van der Waals surface area contributed by atoms with E-state index in [2.05, 4.69) is 15.9 Å². The number of morpholine rings is 1. The molecule has 7 heteroatoms. The van der Waals surface area contributed by atoms with Crippen LogP contribution in [-0.2, 0) is 4.74 Å². The van der Waals surface area contributed by atoms with E-state index in [0.717, 1.165) is 0 Å². The summed E-state index contributed by atoms with van der Waals surface area (Å²) in [6.45, 7) is 0.902. The van der Waals surface area contributed by atoms with Gasteiger partial charge in [0.1, 0.15) is 5.69 Å². The zero-order valence-electron chi connectivity index (χ0n) is 8.57. The number of ether oxygens (including phenoxy) is 1. The van der Waals surface area contributed by atoms with Crippen LogP contribution in [0.25, 0.3) is 0 Å². The molecular formula is C10H8BrF4NO. The van der Waals surface area contributed by atoms with Gasteiger partial charge in [-0.1, -0.05) is 0 Å². The fraction of sp³-hybridized carbons (Fsp3) is 0.400. The van der Waals surface area contributed by atoms with Gasteiger partial charge in [-0.2, -0.15) is 0 Å². The van der Waals surface area contributed by atoms with Crippen molar-refractivity contribution < 1.29 is 22.3 Å². The standard InChI is InChI=1S/C10H8BrF4NO/c11-5-6(12)8(14)10(9(15)7(5)13)16-1-3-17-4-2-16/h1-4H2. The molecule has 0 radical (unpaired) electrons. The Bertz CT molecular complexity index is 419. The molecule has 0 atom stereocenters. The third-order valence-electron chi connectivity index (χ3n) is 2.51. The van der Waals surface area contributed by atoms with Gasteiger partial charge in [-0.3, -0.25) is 0 Å². The maximum atomic E-state index is 13.6. The van der Waals surface area contributed by atoms with Gasteiger partial charge >= 0.3 is 0 Å². The third-order valence-corrected chi connectivity index (χ3v) is 3.21. The molecule has 2 rings (SSSR count). The maximum absolute atomic E-state index is 13.6. The molecule has 1 heterocycles. The molecule has 2 nitrogen and oxygen atoms in total. The van der Waals surface area contributed by atoms with E-state index < -0.39 is 33.4 Å². The number of hydrogen-bond acceptors (Lipinski definition) is 2. The lowest BCUT2D eigenvalue weighted by molar-refractivity contribution is 0.122. The molecule has 94 valence electrons. The highest BCUT2D eigenvalue weighted by Crippen LogP contribution is 2.33. The molecular weight excluding hydrogens is 306 g/mol. The summed E-state index contributed by atoms with van der Waals surface area (Å²) in [5, 5.41) is 0. The molecule has 0 saturated carbocycles. The Morgan fingerprint density at radius 1 is 0.882 bits per heavy atom. The van der Waals surface area contributed by atoms with Crippen molar-refractivity contribution in [3.05, 3.63) is 27.7 Å². The van der Waals surface area contributed by atoms with Gasteiger partial charge in [-0.15, -0.1) is 0 Å². The van der Waals surface area contributed by atoms with Crippen LogP contribution in [-0.4, -0.2) is 26.3 Å². The minimum absolute atomic E-state index is 0.189. The Morgan fingerprint density at radius 3 is 1.82 bits per heavy atom. The Morgan fingerprint density at radius 2 is 1.35 bits per heavy atom. The SMILES string of the molecule is Fc1c(F)c(N2CCOCC2)c(F)c(F)c1Br. The molecule has 17 heavy (non-hydrogen) atoms. The largest absolute Gasteiger partial charge is 0.378 e. The third kappa shape index (κ3) is 2.13. The molecule has 0 aliphatic carbocycles. The number of halogens is 5.